The van der Waals surface area contributed by atoms with E-state index in [1.807, 2.05) is 18.2 Å². The van der Waals surface area contributed by atoms with Crippen LogP contribution in [0.5, 0.6) is 0 Å². The standard InChI is InChI=1S/C18H23NO2S/c1-3-15(17(19)12-14-8-6-10-22-14)16-9-5-4-7-13(16)11-18(20)21-2/h4-10,15,17H,3,11-12,19H2,1-2H3. The van der Waals surface area contributed by atoms with E-state index in [0.29, 0.717) is 6.42 Å². The Balaban J connectivity index is 2.21. The summed E-state index contributed by atoms with van der Waals surface area (Å²) in [6.07, 6.45) is 2.11. The first-order valence-corrected chi connectivity index (χ1v) is 8.46. The van der Waals surface area contributed by atoms with Crippen LogP contribution in [0.4, 0.5) is 0 Å². The third kappa shape index (κ3) is 4.18. The topological polar surface area (TPSA) is 52.3 Å². The van der Waals surface area contributed by atoms with Crippen LogP contribution in [-0.4, -0.2) is 19.1 Å². The molecule has 0 aliphatic heterocycles. The minimum Gasteiger partial charge on any atom is -0.469 e. The van der Waals surface area contributed by atoms with Crippen molar-refractivity contribution in [3.05, 3.63) is 57.8 Å². The molecule has 0 amide bonds. The van der Waals surface area contributed by atoms with E-state index in [-0.39, 0.29) is 17.9 Å². The van der Waals surface area contributed by atoms with Crippen molar-refractivity contribution in [1.82, 2.24) is 0 Å². The van der Waals surface area contributed by atoms with Crippen LogP contribution in [0.1, 0.15) is 35.3 Å². The van der Waals surface area contributed by atoms with Crippen molar-refractivity contribution < 1.29 is 9.53 Å². The lowest BCUT2D eigenvalue weighted by molar-refractivity contribution is -0.139. The molecule has 0 aliphatic carbocycles. The number of thiophene rings is 1. The molecular weight excluding hydrogens is 294 g/mol. The van der Waals surface area contributed by atoms with Gasteiger partial charge in [-0.25, -0.2) is 0 Å². The van der Waals surface area contributed by atoms with E-state index in [2.05, 4.69) is 30.5 Å². The van der Waals surface area contributed by atoms with E-state index < -0.39 is 0 Å². The molecule has 0 saturated carbocycles. The average Bonchev–Trinajstić information content (AvgIpc) is 3.02. The number of benzene rings is 1. The van der Waals surface area contributed by atoms with Crippen molar-refractivity contribution >= 4 is 17.3 Å². The van der Waals surface area contributed by atoms with Crippen molar-refractivity contribution in [3.63, 3.8) is 0 Å². The maximum Gasteiger partial charge on any atom is 0.309 e. The predicted molar refractivity (Wildman–Crippen MR) is 91.2 cm³/mol. The Labute approximate surface area is 136 Å². The molecule has 0 fully saturated rings. The smallest absolute Gasteiger partial charge is 0.309 e. The van der Waals surface area contributed by atoms with Gasteiger partial charge in [0.05, 0.1) is 13.5 Å². The lowest BCUT2D eigenvalue weighted by atomic mass is 9.84. The van der Waals surface area contributed by atoms with Crippen molar-refractivity contribution in [2.45, 2.75) is 38.1 Å². The van der Waals surface area contributed by atoms with Gasteiger partial charge >= 0.3 is 5.97 Å². The second-order valence-electron chi connectivity index (χ2n) is 5.41. The molecule has 2 rings (SSSR count). The number of hydrogen-bond acceptors (Lipinski definition) is 4. The Hall–Kier alpha value is -1.65. The SMILES string of the molecule is CCC(c1ccccc1CC(=O)OC)C(N)Cc1cccs1. The number of carbonyl (C=O) groups is 1. The highest BCUT2D eigenvalue weighted by molar-refractivity contribution is 7.09. The van der Waals surface area contributed by atoms with Crippen LogP contribution in [0.2, 0.25) is 0 Å². The maximum atomic E-state index is 11.6. The van der Waals surface area contributed by atoms with Gasteiger partial charge in [0.25, 0.3) is 0 Å². The molecule has 22 heavy (non-hydrogen) atoms. The van der Waals surface area contributed by atoms with Crippen LogP contribution in [0.25, 0.3) is 0 Å². The second kappa shape index (κ2) is 8.11. The molecule has 1 aromatic carbocycles. The Bertz CT molecular complexity index is 595. The van der Waals surface area contributed by atoms with Crippen LogP contribution in [-0.2, 0) is 22.4 Å². The molecule has 0 bridgehead atoms. The largest absolute Gasteiger partial charge is 0.469 e. The summed E-state index contributed by atoms with van der Waals surface area (Å²) in [6, 6.07) is 12.3. The summed E-state index contributed by atoms with van der Waals surface area (Å²) in [4.78, 5) is 12.9. The predicted octanol–water partition coefficient (Wildman–Crippen LogP) is 3.53. The van der Waals surface area contributed by atoms with Crippen LogP contribution < -0.4 is 5.73 Å². The van der Waals surface area contributed by atoms with E-state index in [1.165, 1.54) is 17.6 Å². The quantitative estimate of drug-likeness (QED) is 0.795. The van der Waals surface area contributed by atoms with Gasteiger partial charge in [0.1, 0.15) is 0 Å². The summed E-state index contributed by atoms with van der Waals surface area (Å²) in [7, 11) is 1.42. The first-order valence-electron chi connectivity index (χ1n) is 7.58. The van der Waals surface area contributed by atoms with Gasteiger partial charge in [0, 0.05) is 10.9 Å². The Morgan fingerprint density at radius 2 is 2.05 bits per heavy atom. The third-order valence-corrected chi connectivity index (χ3v) is 4.89. The van der Waals surface area contributed by atoms with Gasteiger partial charge in [-0.3, -0.25) is 4.79 Å². The molecule has 4 heteroatoms. The van der Waals surface area contributed by atoms with Crippen LogP contribution >= 0.6 is 11.3 Å². The van der Waals surface area contributed by atoms with Gasteiger partial charge in [0.2, 0.25) is 0 Å². The summed E-state index contributed by atoms with van der Waals surface area (Å²) < 4.78 is 4.80. The van der Waals surface area contributed by atoms with E-state index in [4.69, 9.17) is 10.5 Å². The van der Waals surface area contributed by atoms with Gasteiger partial charge in [-0.1, -0.05) is 37.3 Å². The second-order valence-corrected chi connectivity index (χ2v) is 6.45. The van der Waals surface area contributed by atoms with Gasteiger partial charge < -0.3 is 10.5 Å². The number of carbonyl (C=O) groups excluding carboxylic acids is 1. The normalized spacial score (nSPS) is 13.6. The molecule has 0 saturated heterocycles. The van der Waals surface area contributed by atoms with Gasteiger partial charge in [-0.2, -0.15) is 0 Å². The van der Waals surface area contributed by atoms with Gasteiger partial charge in [-0.05, 0) is 41.3 Å². The molecule has 3 nitrogen and oxygen atoms in total. The summed E-state index contributed by atoms with van der Waals surface area (Å²) >= 11 is 1.74. The number of methoxy groups -OCH3 is 1. The molecule has 0 aliphatic rings. The number of ether oxygens (including phenoxy) is 1. The fourth-order valence-corrected chi connectivity index (χ4v) is 3.62. The zero-order valence-electron chi connectivity index (χ0n) is 13.1. The van der Waals surface area contributed by atoms with E-state index in [9.17, 15) is 4.79 Å². The first-order chi connectivity index (χ1) is 10.7. The minimum atomic E-state index is -0.214. The molecule has 2 unspecified atom stereocenters. The number of rotatable bonds is 7. The van der Waals surface area contributed by atoms with E-state index >= 15 is 0 Å². The molecule has 0 radical (unpaired) electrons. The highest BCUT2D eigenvalue weighted by Crippen LogP contribution is 2.28. The monoisotopic (exact) mass is 317 g/mol. The fourth-order valence-electron chi connectivity index (χ4n) is 2.84. The third-order valence-electron chi connectivity index (χ3n) is 3.99. The maximum absolute atomic E-state index is 11.6. The molecule has 0 spiro atoms. The minimum absolute atomic E-state index is 0.0439. The fraction of sp³-hybridized carbons (Fsp3) is 0.389. The summed E-state index contributed by atoms with van der Waals surface area (Å²) in [5.74, 6) is 0.0251. The lowest BCUT2D eigenvalue weighted by Gasteiger charge is -2.25. The van der Waals surface area contributed by atoms with Crippen molar-refractivity contribution in [2.24, 2.45) is 5.73 Å². The number of esters is 1. The first kappa shape index (κ1) is 16.7. The van der Waals surface area contributed by atoms with Gasteiger partial charge in [0.15, 0.2) is 0 Å². The Morgan fingerprint density at radius 1 is 1.27 bits per heavy atom. The number of hydrogen-bond donors (Lipinski definition) is 1. The summed E-state index contributed by atoms with van der Waals surface area (Å²) in [5.41, 5.74) is 8.66. The number of nitrogens with two attached hydrogens (primary N) is 1. The zero-order chi connectivity index (χ0) is 15.9. The van der Waals surface area contributed by atoms with Crippen LogP contribution in [0, 0.1) is 0 Å². The van der Waals surface area contributed by atoms with E-state index in [0.717, 1.165) is 18.4 Å². The van der Waals surface area contributed by atoms with E-state index in [1.54, 1.807) is 11.3 Å². The molecule has 1 heterocycles. The van der Waals surface area contributed by atoms with Crippen molar-refractivity contribution in [1.29, 1.82) is 0 Å². The Morgan fingerprint density at radius 3 is 2.68 bits per heavy atom. The summed E-state index contributed by atoms with van der Waals surface area (Å²) in [5, 5.41) is 2.08. The summed E-state index contributed by atoms with van der Waals surface area (Å²) in [6.45, 7) is 2.15. The molecular formula is C18H23NO2S. The molecule has 2 N–H and O–H groups in total. The highest BCUT2D eigenvalue weighted by atomic mass is 32.1. The molecule has 1 aromatic heterocycles. The zero-order valence-corrected chi connectivity index (χ0v) is 13.9. The molecule has 118 valence electrons. The van der Waals surface area contributed by atoms with Gasteiger partial charge in [-0.15, -0.1) is 11.3 Å². The van der Waals surface area contributed by atoms with Crippen molar-refractivity contribution in [2.75, 3.05) is 7.11 Å². The highest BCUT2D eigenvalue weighted by Gasteiger charge is 2.22. The van der Waals surface area contributed by atoms with Crippen LogP contribution in [0.3, 0.4) is 0 Å². The Kier molecular flexibility index (Phi) is 6.16. The van der Waals surface area contributed by atoms with Crippen LogP contribution in [0.15, 0.2) is 41.8 Å². The average molecular weight is 317 g/mol. The molecule has 2 aromatic rings. The lowest BCUT2D eigenvalue weighted by Crippen LogP contribution is -2.31. The molecule has 2 atom stereocenters. The van der Waals surface area contributed by atoms with Crippen molar-refractivity contribution in [3.8, 4) is 0 Å².